The normalized spacial score (nSPS) is 16.4. The highest BCUT2D eigenvalue weighted by molar-refractivity contribution is 7.89. The van der Waals surface area contributed by atoms with E-state index in [1.165, 1.54) is 36.4 Å². The Hall–Kier alpha value is -3.86. The molecular formula is C29H27ClF2N4O7S2. The lowest BCUT2D eigenvalue weighted by Crippen LogP contribution is -2.59. The number of carbonyl (C=O) groups is 1. The summed E-state index contributed by atoms with van der Waals surface area (Å²) in [6.07, 6.45) is 0. The van der Waals surface area contributed by atoms with Crippen molar-refractivity contribution in [3.8, 4) is 11.5 Å². The Morgan fingerprint density at radius 1 is 0.867 bits per heavy atom. The maximum absolute atomic E-state index is 15.0. The van der Waals surface area contributed by atoms with Gasteiger partial charge in [0.2, 0.25) is 20.0 Å². The van der Waals surface area contributed by atoms with Crippen LogP contribution in [-0.2, 0) is 29.7 Å². The first-order chi connectivity index (χ1) is 21.2. The molecule has 11 nitrogen and oxygen atoms in total. The van der Waals surface area contributed by atoms with Crippen LogP contribution in [0.1, 0.15) is 0 Å². The van der Waals surface area contributed by atoms with Crippen LogP contribution < -0.4 is 15.5 Å². The number of sulfonamides is 2. The maximum atomic E-state index is 15.0. The van der Waals surface area contributed by atoms with Gasteiger partial charge in [-0.3, -0.25) is 0 Å². The number of rotatable bonds is 8. The topological polar surface area (TPSA) is 140 Å². The first-order valence-corrected chi connectivity index (χ1v) is 16.5. The average Bonchev–Trinajstić information content (AvgIpc) is 3.02. The highest BCUT2D eigenvalue weighted by atomic mass is 35.5. The fourth-order valence-corrected chi connectivity index (χ4v) is 8.04. The fraction of sp³-hybridized carbons (Fsp3) is 0.207. The molecule has 0 spiro atoms. The summed E-state index contributed by atoms with van der Waals surface area (Å²) < 4.78 is 91.3. The third-order valence-corrected chi connectivity index (χ3v) is 11.2. The average molecular weight is 681 g/mol. The number of anilines is 1. The molecule has 1 heterocycles. The number of halogens is 3. The standard InChI is InChI=1S/C29H27ClF2N4O7S2/c1-34(2)21-7-3-18-4-10-23(14-19(18)13-21)44(38,39)35-11-12-36(27(17-35)29(37)43-33)45(40,41)24-15-25(31)28(26(32)16-24)42-22-8-5-20(30)6-9-22/h3-10,13-16,27H,11-12,17,33H2,1-2H3/t27-/m1/s1. The second-order valence-corrected chi connectivity index (χ2v) is 14.6. The Bertz CT molecular complexity index is 1970. The number of carbonyl (C=O) groups excluding carboxylic acids is 1. The van der Waals surface area contributed by atoms with Gasteiger partial charge in [-0.05, 0) is 71.4 Å². The zero-order valence-corrected chi connectivity index (χ0v) is 26.2. The minimum absolute atomic E-state index is 0.0421. The summed E-state index contributed by atoms with van der Waals surface area (Å²) in [5.41, 5.74) is 0.846. The van der Waals surface area contributed by atoms with Gasteiger partial charge in [-0.15, -0.1) is 0 Å². The van der Waals surface area contributed by atoms with Gasteiger partial charge in [0, 0.05) is 44.4 Å². The van der Waals surface area contributed by atoms with Crippen LogP contribution in [0.25, 0.3) is 10.8 Å². The van der Waals surface area contributed by atoms with Gasteiger partial charge in [0.1, 0.15) is 11.8 Å². The fourth-order valence-electron chi connectivity index (χ4n) is 4.86. The van der Waals surface area contributed by atoms with Crippen molar-refractivity contribution in [3.63, 3.8) is 0 Å². The molecule has 1 aliphatic heterocycles. The molecule has 5 rings (SSSR count). The number of piperazine rings is 1. The summed E-state index contributed by atoms with van der Waals surface area (Å²) >= 11 is 5.81. The monoisotopic (exact) mass is 680 g/mol. The zero-order chi connectivity index (χ0) is 32.7. The number of ether oxygens (including phenoxy) is 1. The van der Waals surface area contributed by atoms with E-state index < -0.39 is 67.4 Å². The van der Waals surface area contributed by atoms with Crippen molar-refractivity contribution in [2.45, 2.75) is 15.8 Å². The summed E-state index contributed by atoms with van der Waals surface area (Å²) in [7, 11) is -5.33. The predicted octanol–water partition coefficient (Wildman–Crippen LogP) is 4.11. The Morgan fingerprint density at radius 3 is 2.13 bits per heavy atom. The number of nitrogens with zero attached hydrogens (tertiary/aromatic N) is 3. The molecule has 0 amide bonds. The largest absolute Gasteiger partial charge is 0.451 e. The number of benzene rings is 4. The van der Waals surface area contributed by atoms with E-state index in [-0.39, 0.29) is 17.2 Å². The van der Waals surface area contributed by atoms with Gasteiger partial charge in [0.25, 0.3) is 0 Å². The molecule has 0 radical (unpaired) electrons. The first kappa shape index (κ1) is 32.5. The number of hydrogen-bond acceptors (Lipinski definition) is 9. The lowest BCUT2D eigenvalue weighted by atomic mass is 10.1. The molecule has 1 atom stereocenters. The molecule has 4 aromatic carbocycles. The van der Waals surface area contributed by atoms with Crippen molar-refractivity contribution in [2.24, 2.45) is 5.90 Å². The van der Waals surface area contributed by atoms with Crippen molar-refractivity contribution in [3.05, 3.63) is 89.5 Å². The predicted molar refractivity (Wildman–Crippen MR) is 163 cm³/mol. The molecule has 16 heteroatoms. The summed E-state index contributed by atoms with van der Waals surface area (Å²) in [5, 5.41) is 1.80. The van der Waals surface area contributed by atoms with Crippen molar-refractivity contribution in [1.82, 2.24) is 8.61 Å². The van der Waals surface area contributed by atoms with Crippen molar-refractivity contribution in [2.75, 3.05) is 38.6 Å². The highest BCUT2D eigenvalue weighted by Gasteiger charge is 2.44. The van der Waals surface area contributed by atoms with Gasteiger partial charge >= 0.3 is 5.97 Å². The lowest BCUT2D eigenvalue weighted by molar-refractivity contribution is -0.150. The summed E-state index contributed by atoms with van der Waals surface area (Å²) in [5.74, 6) is 0.315. The van der Waals surface area contributed by atoms with Crippen LogP contribution in [0.15, 0.2) is 82.6 Å². The minimum atomic E-state index is -4.78. The van der Waals surface area contributed by atoms with Crippen LogP contribution in [0.2, 0.25) is 5.02 Å². The maximum Gasteiger partial charge on any atom is 0.344 e. The minimum Gasteiger partial charge on any atom is -0.451 e. The molecule has 1 saturated heterocycles. The SMILES string of the molecule is CN(C)c1ccc2ccc(S(=O)(=O)N3CCN(S(=O)(=O)c4cc(F)c(Oc5ccc(Cl)cc5)c(F)c4)[C@@H](C(=O)ON)C3)cc2c1. The van der Waals surface area contributed by atoms with Gasteiger partial charge in [0.05, 0.1) is 9.79 Å². The molecule has 45 heavy (non-hydrogen) atoms. The summed E-state index contributed by atoms with van der Waals surface area (Å²) in [6.45, 7) is -1.60. The van der Waals surface area contributed by atoms with E-state index in [1.807, 2.05) is 37.2 Å². The second-order valence-electron chi connectivity index (χ2n) is 10.3. The van der Waals surface area contributed by atoms with Crippen LogP contribution in [0.5, 0.6) is 11.5 Å². The van der Waals surface area contributed by atoms with Crippen LogP contribution >= 0.6 is 11.6 Å². The molecule has 0 aromatic heterocycles. The molecular weight excluding hydrogens is 654 g/mol. The molecule has 0 saturated carbocycles. The van der Waals surface area contributed by atoms with Gasteiger partial charge in [-0.25, -0.2) is 30.4 Å². The molecule has 1 fully saturated rings. The quantitative estimate of drug-likeness (QED) is 0.272. The molecule has 2 N–H and O–H groups in total. The Balaban J connectivity index is 1.43. The van der Waals surface area contributed by atoms with E-state index in [1.54, 1.807) is 6.07 Å². The van der Waals surface area contributed by atoms with E-state index in [4.69, 9.17) is 22.2 Å². The Labute approximate surface area is 263 Å². The van der Waals surface area contributed by atoms with Gasteiger partial charge in [0.15, 0.2) is 17.4 Å². The van der Waals surface area contributed by atoms with Gasteiger partial charge < -0.3 is 14.5 Å². The summed E-state index contributed by atoms with van der Waals surface area (Å²) in [4.78, 5) is 17.9. The van der Waals surface area contributed by atoms with E-state index >= 15 is 8.78 Å². The second kappa shape index (κ2) is 12.5. The molecule has 238 valence electrons. The highest BCUT2D eigenvalue weighted by Crippen LogP contribution is 2.33. The van der Waals surface area contributed by atoms with Crippen LogP contribution in [0, 0.1) is 11.6 Å². The third kappa shape index (κ3) is 6.45. The molecule has 0 aliphatic carbocycles. The zero-order valence-electron chi connectivity index (χ0n) is 23.9. The molecule has 1 aliphatic rings. The van der Waals surface area contributed by atoms with Crippen LogP contribution in [0.3, 0.4) is 0 Å². The molecule has 4 aromatic rings. The Kier molecular flexibility index (Phi) is 9.04. The number of nitrogens with two attached hydrogens (primary N) is 1. The smallest absolute Gasteiger partial charge is 0.344 e. The molecule has 0 unspecified atom stereocenters. The van der Waals surface area contributed by atoms with Crippen molar-refractivity contribution < 1.29 is 40.0 Å². The summed E-state index contributed by atoms with van der Waals surface area (Å²) in [6, 6.07) is 15.0. The third-order valence-electron chi connectivity index (χ3n) is 7.24. The van der Waals surface area contributed by atoms with Crippen molar-refractivity contribution in [1.29, 1.82) is 0 Å². The Morgan fingerprint density at radius 2 is 1.51 bits per heavy atom. The molecule has 0 bridgehead atoms. The van der Waals surface area contributed by atoms with Gasteiger partial charge in [-0.1, -0.05) is 23.7 Å². The number of fused-ring (bicyclic) bond motifs is 1. The van der Waals surface area contributed by atoms with Crippen LogP contribution in [0.4, 0.5) is 14.5 Å². The number of hydrogen-bond donors (Lipinski definition) is 1. The lowest BCUT2D eigenvalue weighted by Gasteiger charge is -2.38. The van der Waals surface area contributed by atoms with E-state index in [2.05, 4.69) is 4.84 Å². The first-order valence-electron chi connectivity index (χ1n) is 13.3. The van der Waals surface area contributed by atoms with Crippen LogP contribution in [-0.4, -0.2) is 71.2 Å². The van der Waals surface area contributed by atoms with E-state index in [0.717, 1.165) is 15.4 Å². The van der Waals surface area contributed by atoms with E-state index in [9.17, 15) is 21.6 Å². The van der Waals surface area contributed by atoms with E-state index in [0.29, 0.717) is 26.8 Å². The van der Waals surface area contributed by atoms with Gasteiger partial charge in [-0.2, -0.15) is 14.5 Å². The van der Waals surface area contributed by atoms with Crippen molar-refractivity contribution >= 4 is 54.1 Å².